The van der Waals surface area contributed by atoms with Crippen molar-refractivity contribution in [2.45, 2.75) is 19.9 Å². The molecule has 0 fully saturated rings. The molecule has 4 rings (SSSR count). The van der Waals surface area contributed by atoms with E-state index in [0.29, 0.717) is 6.54 Å². The van der Waals surface area contributed by atoms with Gasteiger partial charge in [0.15, 0.2) is 5.82 Å². The number of hydrogen-bond acceptors (Lipinski definition) is 5. The Kier molecular flexibility index (Phi) is 5.13. The molecule has 27 heavy (non-hydrogen) atoms. The quantitative estimate of drug-likeness (QED) is 0.630. The molecule has 0 saturated heterocycles. The maximum atomic E-state index is 4.84. The smallest absolute Gasteiger partial charge is 0.159 e. The third-order valence-corrected chi connectivity index (χ3v) is 5.29. The average Bonchev–Trinajstić information content (AvgIpc) is 3.02. The van der Waals surface area contributed by atoms with Gasteiger partial charge in [-0.15, -0.1) is 10.2 Å². The van der Waals surface area contributed by atoms with Gasteiger partial charge >= 0.3 is 0 Å². The Labute approximate surface area is 167 Å². The van der Waals surface area contributed by atoms with E-state index in [4.69, 9.17) is 4.99 Å². The summed E-state index contributed by atoms with van der Waals surface area (Å²) in [6.07, 6.45) is 2.64. The molecule has 1 aliphatic heterocycles. The van der Waals surface area contributed by atoms with Crippen LogP contribution in [0, 0.1) is 0 Å². The zero-order valence-electron chi connectivity index (χ0n) is 15.4. The minimum Gasteiger partial charge on any atom is -0.306 e. The van der Waals surface area contributed by atoms with Crippen molar-refractivity contribution in [3.8, 4) is 5.69 Å². The van der Waals surface area contributed by atoms with Crippen LogP contribution in [0.3, 0.4) is 0 Å². The summed E-state index contributed by atoms with van der Waals surface area (Å²) in [5.41, 5.74) is 3.83. The van der Waals surface area contributed by atoms with E-state index in [1.807, 2.05) is 24.3 Å². The maximum Gasteiger partial charge on any atom is 0.159 e. The van der Waals surface area contributed by atoms with Gasteiger partial charge in [0.1, 0.15) is 12.4 Å². The van der Waals surface area contributed by atoms with Crippen LogP contribution in [0.5, 0.6) is 0 Å². The topological polar surface area (TPSA) is 59.2 Å². The van der Waals surface area contributed by atoms with Crippen LogP contribution in [0.4, 0.5) is 0 Å². The van der Waals surface area contributed by atoms with Crippen molar-refractivity contribution in [3.05, 3.63) is 70.0 Å². The van der Waals surface area contributed by atoms with Crippen molar-refractivity contribution in [1.29, 1.82) is 0 Å². The van der Waals surface area contributed by atoms with Crippen LogP contribution < -0.4 is 0 Å². The van der Waals surface area contributed by atoms with Crippen molar-refractivity contribution >= 4 is 21.6 Å². The van der Waals surface area contributed by atoms with E-state index in [1.54, 1.807) is 6.20 Å². The molecule has 0 radical (unpaired) electrons. The molecule has 0 bridgehead atoms. The molecule has 2 aromatic heterocycles. The molecule has 1 aromatic carbocycles. The zero-order valence-corrected chi connectivity index (χ0v) is 17.0. The molecule has 0 aliphatic carbocycles. The molecule has 0 saturated carbocycles. The molecule has 1 aliphatic rings. The fourth-order valence-electron chi connectivity index (χ4n) is 3.19. The first-order valence-electron chi connectivity index (χ1n) is 9.05. The third-order valence-electron chi connectivity index (χ3n) is 4.79. The number of likely N-dealkylation sites (N-methyl/N-ethyl adjacent to an activating group) is 1. The normalized spacial score (nSPS) is 13.1. The highest BCUT2D eigenvalue weighted by Gasteiger charge is 2.23. The van der Waals surface area contributed by atoms with E-state index < -0.39 is 0 Å². The molecule has 0 amide bonds. The Morgan fingerprint density at radius 1 is 1.19 bits per heavy atom. The number of benzene rings is 1. The predicted octanol–water partition coefficient (Wildman–Crippen LogP) is 3.27. The molecule has 138 valence electrons. The largest absolute Gasteiger partial charge is 0.306 e. The number of nitrogens with zero attached hydrogens (tertiary/aromatic N) is 6. The van der Waals surface area contributed by atoms with Gasteiger partial charge < -0.3 is 4.90 Å². The van der Waals surface area contributed by atoms with Crippen molar-refractivity contribution in [1.82, 2.24) is 24.6 Å². The summed E-state index contributed by atoms with van der Waals surface area (Å²) in [4.78, 5) is 11.6. The monoisotopic (exact) mass is 424 g/mol. The fraction of sp³-hybridized carbons (Fsp3) is 0.300. The van der Waals surface area contributed by atoms with E-state index in [0.717, 1.165) is 58.3 Å². The molecule has 6 nitrogen and oxygen atoms in total. The molecule has 7 heteroatoms. The van der Waals surface area contributed by atoms with E-state index in [-0.39, 0.29) is 0 Å². The van der Waals surface area contributed by atoms with Crippen molar-refractivity contribution in [3.63, 3.8) is 0 Å². The molecule has 0 N–H and O–H groups in total. The summed E-state index contributed by atoms with van der Waals surface area (Å²) in [7, 11) is 2.12. The summed E-state index contributed by atoms with van der Waals surface area (Å²) in [5.74, 6) is 1.82. The molecule has 0 spiro atoms. The number of rotatable bonds is 5. The van der Waals surface area contributed by atoms with Crippen LogP contribution in [0.2, 0.25) is 0 Å². The van der Waals surface area contributed by atoms with Crippen molar-refractivity contribution in [2.24, 2.45) is 4.99 Å². The van der Waals surface area contributed by atoms with Crippen molar-refractivity contribution in [2.75, 3.05) is 20.1 Å². The molecule has 0 atom stereocenters. The maximum absolute atomic E-state index is 4.84. The lowest BCUT2D eigenvalue weighted by atomic mass is 10.0. The first kappa shape index (κ1) is 18.0. The Hall–Kier alpha value is -2.38. The van der Waals surface area contributed by atoms with Crippen LogP contribution in [0.1, 0.15) is 29.8 Å². The van der Waals surface area contributed by atoms with Crippen LogP contribution >= 0.6 is 15.9 Å². The van der Waals surface area contributed by atoms with E-state index in [2.05, 4.69) is 66.7 Å². The van der Waals surface area contributed by atoms with Gasteiger partial charge in [0, 0.05) is 29.2 Å². The second-order valence-electron chi connectivity index (χ2n) is 6.56. The third kappa shape index (κ3) is 3.57. The van der Waals surface area contributed by atoms with Crippen LogP contribution in [0.15, 0.2) is 52.1 Å². The first-order valence-corrected chi connectivity index (χ1v) is 9.84. The fourth-order valence-corrected chi connectivity index (χ4v) is 3.56. The minimum atomic E-state index is 0.481. The van der Waals surface area contributed by atoms with E-state index in [9.17, 15) is 0 Å². The van der Waals surface area contributed by atoms with Crippen LogP contribution in [0.25, 0.3) is 5.69 Å². The van der Waals surface area contributed by atoms with Gasteiger partial charge in [0.2, 0.25) is 0 Å². The Balaban J connectivity index is 1.82. The highest BCUT2D eigenvalue weighted by Crippen LogP contribution is 2.28. The first-order chi connectivity index (χ1) is 13.2. The molecular formula is C20H21BrN6. The minimum absolute atomic E-state index is 0.481. The summed E-state index contributed by atoms with van der Waals surface area (Å²) < 4.78 is 3.17. The lowest BCUT2D eigenvalue weighted by molar-refractivity contribution is 0.354. The number of fused-ring (bicyclic) bond motifs is 3. The lowest BCUT2D eigenvalue weighted by Gasteiger charge is -2.16. The highest BCUT2D eigenvalue weighted by molar-refractivity contribution is 9.10. The molecule has 0 unspecified atom stereocenters. The van der Waals surface area contributed by atoms with E-state index in [1.165, 1.54) is 0 Å². The Morgan fingerprint density at radius 3 is 2.85 bits per heavy atom. The van der Waals surface area contributed by atoms with Gasteiger partial charge in [-0.3, -0.25) is 14.5 Å². The standard InChI is InChI=1S/C20H21BrN6/c1-3-26(2)11-9-18-24-25-19-13-23-20(16-6-4-5-10-22-16)15-12-14(21)7-8-17(15)27(18)19/h4-8,10,12H,3,9,11,13H2,1-2H3. The van der Waals surface area contributed by atoms with Gasteiger partial charge in [-0.25, -0.2) is 0 Å². The van der Waals surface area contributed by atoms with Gasteiger partial charge in [0.05, 0.1) is 17.1 Å². The number of pyridine rings is 1. The Bertz CT molecular complexity index is 979. The summed E-state index contributed by atoms with van der Waals surface area (Å²) in [5, 5.41) is 8.88. The second kappa shape index (κ2) is 7.70. The number of aromatic nitrogens is 4. The number of halogens is 1. The number of aliphatic imine (C=N–C) groups is 1. The molecule has 3 aromatic rings. The number of hydrogen-bond donors (Lipinski definition) is 0. The predicted molar refractivity (Wildman–Crippen MR) is 110 cm³/mol. The average molecular weight is 425 g/mol. The second-order valence-corrected chi connectivity index (χ2v) is 7.47. The molecular weight excluding hydrogens is 404 g/mol. The van der Waals surface area contributed by atoms with Gasteiger partial charge in [-0.2, -0.15) is 0 Å². The van der Waals surface area contributed by atoms with Gasteiger partial charge in [-0.05, 0) is 43.9 Å². The lowest BCUT2D eigenvalue weighted by Crippen LogP contribution is -2.22. The van der Waals surface area contributed by atoms with E-state index >= 15 is 0 Å². The van der Waals surface area contributed by atoms with Crippen molar-refractivity contribution < 1.29 is 0 Å². The SMILES string of the molecule is CCN(C)CCc1nnc2n1-c1ccc(Br)cc1C(c1ccccn1)=NC2. The summed E-state index contributed by atoms with van der Waals surface area (Å²) in [6, 6.07) is 12.1. The highest BCUT2D eigenvalue weighted by atomic mass is 79.9. The zero-order chi connectivity index (χ0) is 18.8. The van der Waals surface area contributed by atoms with Gasteiger partial charge in [0.25, 0.3) is 0 Å². The molecule has 3 heterocycles. The summed E-state index contributed by atoms with van der Waals surface area (Å²) in [6.45, 7) is 4.59. The van der Waals surface area contributed by atoms with Crippen LogP contribution in [-0.4, -0.2) is 50.5 Å². The van der Waals surface area contributed by atoms with Crippen LogP contribution in [-0.2, 0) is 13.0 Å². The Morgan fingerprint density at radius 2 is 2.07 bits per heavy atom. The summed E-state index contributed by atoms with van der Waals surface area (Å²) >= 11 is 3.60. The van der Waals surface area contributed by atoms with Gasteiger partial charge in [-0.1, -0.05) is 28.9 Å².